The van der Waals surface area contributed by atoms with E-state index >= 15 is 0 Å². The van der Waals surface area contributed by atoms with Gasteiger partial charge in [0.1, 0.15) is 0 Å². The van der Waals surface area contributed by atoms with Crippen molar-refractivity contribution in [2.75, 3.05) is 39.4 Å². The van der Waals surface area contributed by atoms with Crippen molar-refractivity contribution in [3.63, 3.8) is 0 Å². The fourth-order valence-corrected chi connectivity index (χ4v) is 4.06. The highest BCUT2D eigenvalue weighted by Crippen LogP contribution is 2.40. The van der Waals surface area contributed by atoms with Crippen LogP contribution in [0, 0.1) is 5.92 Å². The van der Waals surface area contributed by atoms with E-state index in [4.69, 9.17) is 4.74 Å². The minimum atomic E-state index is -0.888. The molecule has 120 valence electrons. The Morgan fingerprint density at radius 3 is 2.77 bits per heavy atom. The second-order valence-corrected chi connectivity index (χ2v) is 6.63. The number of carboxylic acids is 1. The largest absolute Gasteiger partial charge is 0.481 e. The molecule has 3 rings (SSSR count). The van der Waals surface area contributed by atoms with Crippen LogP contribution in [0.1, 0.15) is 17.3 Å². The smallest absolute Gasteiger partial charge is 0.309 e. The Balaban J connectivity index is 1.72. The number of amides is 1. The molecule has 2 saturated heterocycles. The predicted octanol–water partition coefficient (Wildman–Crippen LogP) is 1.05. The summed E-state index contributed by atoms with van der Waals surface area (Å²) in [5, 5.41) is 11.4. The van der Waals surface area contributed by atoms with E-state index in [1.807, 2.05) is 17.5 Å². The molecular weight excluding hydrogens is 304 g/mol. The van der Waals surface area contributed by atoms with Crippen molar-refractivity contribution in [1.82, 2.24) is 9.80 Å². The first-order chi connectivity index (χ1) is 10.7. The third kappa shape index (κ3) is 3.16. The maximum Gasteiger partial charge on any atom is 0.309 e. The molecule has 22 heavy (non-hydrogen) atoms. The lowest BCUT2D eigenvalue weighted by Crippen LogP contribution is -2.42. The number of thiophene rings is 1. The molecule has 1 aromatic rings. The molecule has 0 unspecified atom stereocenters. The molecule has 0 aromatic carbocycles. The summed E-state index contributed by atoms with van der Waals surface area (Å²) in [4.78, 5) is 28.8. The van der Waals surface area contributed by atoms with Gasteiger partial charge in [-0.05, 0) is 11.4 Å². The SMILES string of the molecule is O=C(O)[C@H]1CC(=O)N(CCN2CCOCC2)[C@H]1c1cccs1. The minimum Gasteiger partial charge on any atom is -0.481 e. The molecule has 0 spiro atoms. The number of carboxylic acid groups (broad SMARTS) is 1. The quantitative estimate of drug-likeness (QED) is 0.877. The molecule has 7 heteroatoms. The highest BCUT2D eigenvalue weighted by Gasteiger charge is 2.44. The lowest BCUT2D eigenvalue weighted by Gasteiger charge is -2.31. The van der Waals surface area contributed by atoms with Crippen molar-refractivity contribution in [3.8, 4) is 0 Å². The first-order valence-electron chi connectivity index (χ1n) is 7.52. The van der Waals surface area contributed by atoms with Crippen LogP contribution in [-0.2, 0) is 14.3 Å². The minimum absolute atomic E-state index is 0.0564. The fourth-order valence-electron chi connectivity index (χ4n) is 3.16. The molecule has 1 aromatic heterocycles. The van der Waals surface area contributed by atoms with Crippen molar-refractivity contribution in [3.05, 3.63) is 22.4 Å². The lowest BCUT2D eigenvalue weighted by atomic mass is 9.99. The van der Waals surface area contributed by atoms with Gasteiger partial charge in [0.2, 0.25) is 5.91 Å². The third-order valence-corrected chi connectivity index (χ3v) is 5.29. The maximum atomic E-state index is 12.3. The van der Waals surface area contributed by atoms with Gasteiger partial charge in [-0.15, -0.1) is 11.3 Å². The van der Waals surface area contributed by atoms with Crippen molar-refractivity contribution in [2.45, 2.75) is 12.5 Å². The van der Waals surface area contributed by atoms with Crippen molar-refractivity contribution in [1.29, 1.82) is 0 Å². The zero-order valence-electron chi connectivity index (χ0n) is 12.3. The molecule has 0 aliphatic carbocycles. The van der Waals surface area contributed by atoms with Crippen molar-refractivity contribution < 1.29 is 19.4 Å². The van der Waals surface area contributed by atoms with E-state index < -0.39 is 11.9 Å². The summed E-state index contributed by atoms with van der Waals surface area (Å²) >= 11 is 1.52. The third-order valence-electron chi connectivity index (χ3n) is 4.34. The summed E-state index contributed by atoms with van der Waals surface area (Å²) in [5.41, 5.74) is 0. The number of morpholine rings is 1. The van der Waals surface area contributed by atoms with Gasteiger partial charge in [0.05, 0.1) is 25.2 Å². The van der Waals surface area contributed by atoms with Crippen molar-refractivity contribution >= 4 is 23.2 Å². The summed E-state index contributed by atoms with van der Waals surface area (Å²) in [6, 6.07) is 3.50. The Kier molecular flexibility index (Phi) is 4.75. The summed E-state index contributed by atoms with van der Waals surface area (Å²) in [6.45, 7) is 4.52. The second-order valence-electron chi connectivity index (χ2n) is 5.65. The molecule has 0 saturated carbocycles. The van der Waals surface area contributed by atoms with E-state index in [-0.39, 0.29) is 18.4 Å². The fraction of sp³-hybridized carbons (Fsp3) is 0.600. The van der Waals surface area contributed by atoms with Gasteiger partial charge in [-0.25, -0.2) is 0 Å². The molecule has 2 aliphatic heterocycles. The molecule has 1 amide bonds. The first kappa shape index (κ1) is 15.5. The average Bonchev–Trinajstić information content (AvgIpc) is 3.13. The molecule has 3 heterocycles. The van der Waals surface area contributed by atoms with E-state index in [0.29, 0.717) is 6.54 Å². The van der Waals surface area contributed by atoms with Crippen LogP contribution in [0.2, 0.25) is 0 Å². The summed E-state index contributed by atoms with van der Waals surface area (Å²) < 4.78 is 5.32. The number of aliphatic carboxylic acids is 1. The molecule has 2 fully saturated rings. The van der Waals surface area contributed by atoms with E-state index in [1.165, 1.54) is 11.3 Å². The Morgan fingerprint density at radius 1 is 1.36 bits per heavy atom. The summed E-state index contributed by atoms with van der Waals surface area (Å²) in [6.07, 6.45) is 0.0982. The molecular formula is C15H20N2O4S. The average molecular weight is 324 g/mol. The topological polar surface area (TPSA) is 70.1 Å². The summed E-state index contributed by atoms with van der Waals surface area (Å²) in [7, 11) is 0. The summed E-state index contributed by atoms with van der Waals surface area (Å²) in [5.74, 6) is -1.59. The van der Waals surface area contributed by atoms with Gasteiger partial charge in [-0.3, -0.25) is 14.5 Å². The highest BCUT2D eigenvalue weighted by atomic mass is 32.1. The molecule has 2 aliphatic rings. The number of hydrogen-bond donors (Lipinski definition) is 1. The molecule has 0 radical (unpaired) electrons. The Labute approximate surface area is 133 Å². The van der Waals surface area contributed by atoms with Crippen LogP contribution in [0.3, 0.4) is 0 Å². The van der Waals surface area contributed by atoms with Crippen LogP contribution >= 0.6 is 11.3 Å². The van der Waals surface area contributed by atoms with Gasteiger partial charge in [-0.1, -0.05) is 6.07 Å². The van der Waals surface area contributed by atoms with Crippen LogP contribution in [0.15, 0.2) is 17.5 Å². The van der Waals surface area contributed by atoms with E-state index in [9.17, 15) is 14.7 Å². The number of carbonyl (C=O) groups excluding carboxylic acids is 1. The Bertz CT molecular complexity index is 528. The number of hydrogen-bond acceptors (Lipinski definition) is 5. The van der Waals surface area contributed by atoms with E-state index in [0.717, 1.165) is 37.7 Å². The number of rotatable bonds is 5. The van der Waals surface area contributed by atoms with Crippen LogP contribution in [-0.4, -0.2) is 66.2 Å². The van der Waals surface area contributed by atoms with Gasteiger partial charge >= 0.3 is 5.97 Å². The molecule has 2 atom stereocenters. The van der Waals surface area contributed by atoms with Gasteiger partial charge < -0.3 is 14.7 Å². The zero-order valence-corrected chi connectivity index (χ0v) is 13.1. The van der Waals surface area contributed by atoms with Crippen LogP contribution in [0.5, 0.6) is 0 Å². The van der Waals surface area contributed by atoms with Gasteiger partial charge in [0.25, 0.3) is 0 Å². The number of nitrogens with zero attached hydrogens (tertiary/aromatic N) is 2. The highest BCUT2D eigenvalue weighted by molar-refractivity contribution is 7.10. The molecule has 6 nitrogen and oxygen atoms in total. The second kappa shape index (κ2) is 6.76. The van der Waals surface area contributed by atoms with E-state index in [2.05, 4.69) is 4.90 Å². The van der Waals surface area contributed by atoms with Crippen LogP contribution in [0.25, 0.3) is 0 Å². The molecule has 0 bridgehead atoms. The monoisotopic (exact) mass is 324 g/mol. The normalized spacial score (nSPS) is 26.5. The zero-order chi connectivity index (χ0) is 15.5. The first-order valence-corrected chi connectivity index (χ1v) is 8.40. The van der Waals surface area contributed by atoms with Gasteiger partial charge in [-0.2, -0.15) is 0 Å². The van der Waals surface area contributed by atoms with Crippen LogP contribution in [0.4, 0.5) is 0 Å². The van der Waals surface area contributed by atoms with Crippen LogP contribution < -0.4 is 0 Å². The van der Waals surface area contributed by atoms with Gasteiger partial charge in [0.15, 0.2) is 0 Å². The van der Waals surface area contributed by atoms with Crippen molar-refractivity contribution in [2.24, 2.45) is 5.92 Å². The predicted molar refractivity (Wildman–Crippen MR) is 81.8 cm³/mol. The number of likely N-dealkylation sites (tertiary alicyclic amines) is 1. The maximum absolute atomic E-state index is 12.3. The standard InChI is InChI=1S/C15H20N2O4S/c18-13-10-11(15(19)20)14(12-2-1-9-22-12)17(13)4-3-16-5-7-21-8-6-16/h1-2,9,11,14H,3-8,10H2,(H,19,20)/t11-,14+/m0/s1. The number of carbonyl (C=O) groups is 2. The number of ether oxygens (including phenoxy) is 1. The molecule has 1 N–H and O–H groups in total. The lowest BCUT2D eigenvalue weighted by molar-refractivity contribution is -0.142. The Morgan fingerprint density at radius 2 is 2.14 bits per heavy atom. The van der Waals surface area contributed by atoms with E-state index in [1.54, 1.807) is 4.90 Å². The van der Waals surface area contributed by atoms with Gasteiger partial charge in [0, 0.05) is 37.5 Å². The Hall–Kier alpha value is -1.44.